The maximum atomic E-state index is 12.3. The van der Waals surface area contributed by atoms with Gasteiger partial charge in [0.15, 0.2) is 0 Å². The summed E-state index contributed by atoms with van der Waals surface area (Å²) in [5.41, 5.74) is 0. The van der Waals surface area contributed by atoms with Gasteiger partial charge in [-0.2, -0.15) is 17.5 Å². The lowest BCUT2D eigenvalue weighted by molar-refractivity contribution is -0.148. The first kappa shape index (κ1) is 16.5. The molecular formula is C12H14ClF3N2O2S. The Kier molecular flexibility index (Phi) is 4.82. The molecule has 1 saturated heterocycles. The standard InChI is InChI=1S/C12H14ClF3N2O2S/c13-10-1-3-11(4-2-10)21(19,20)18-7-5-17(6-8-18)9-12(14,15)16/h1-4H,5-9H2. The second kappa shape index (κ2) is 6.12. The summed E-state index contributed by atoms with van der Waals surface area (Å²) in [4.78, 5) is 1.30. The summed E-state index contributed by atoms with van der Waals surface area (Å²) in [6, 6.07) is 5.71. The molecule has 0 aliphatic carbocycles. The third-order valence-corrected chi connectivity index (χ3v) is 5.35. The van der Waals surface area contributed by atoms with Gasteiger partial charge in [0.05, 0.1) is 11.4 Å². The average Bonchev–Trinajstić information content (AvgIpc) is 2.38. The topological polar surface area (TPSA) is 40.6 Å². The number of hydrogen-bond acceptors (Lipinski definition) is 3. The molecule has 1 aliphatic rings. The molecule has 0 amide bonds. The Balaban J connectivity index is 2.03. The predicted molar refractivity (Wildman–Crippen MR) is 72.7 cm³/mol. The van der Waals surface area contributed by atoms with Crippen LogP contribution >= 0.6 is 11.6 Å². The van der Waals surface area contributed by atoms with Crippen molar-refractivity contribution in [2.75, 3.05) is 32.7 Å². The Morgan fingerprint density at radius 2 is 1.57 bits per heavy atom. The summed E-state index contributed by atoms with van der Waals surface area (Å²) in [6.45, 7) is -0.803. The van der Waals surface area contributed by atoms with Gasteiger partial charge in [0, 0.05) is 31.2 Å². The molecule has 0 spiro atoms. The lowest BCUT2D eigenvalue weighted by atomic mass is 10.3. The molecule has 118 valence electrons. The first-order valence-electron chi connectivity index (χ1n) is 6.23. The van der Waals surface area contributed by atoms with Gasteiger partial charge in [0.2, 0.25) is 10.0 Å². The molecule has 1 heterocycles. The molecule has 0 atom stereocenters. The zero-order valence-electron chi connectivity index (χ0n) is 11.0. The van der Waals surface area contributed by atoms with Crippen LogP contribution in [0.25, 0.3) is 0 Å². The molecule has 0 radical (unpaired) electrons. The lowest BCUT2D eigenvalue weighted by Gasteiger charge is -2.34. The van der Waals surface area contributed by atoms with Crippen molar-refractivity contribution < 1.29 is 21.6 Å². The number of halogens is 4. The van der Waals surface area contributed by atoms with E-state index in [2.05, 4.69) is 0 Å². The zero-order chi connectivity index (χ0) is 15.7. The van der Waals surface area contributed by atoms with E-state index in [4.69, 9.17) is 11.6 Å². The van der Waals surface area contributed by atoms with Gasteiger partial charge in [-0.05, 0) is 24.3 Å². The Bertz CT molecular complexity index is 582. The Morgan fingerprint density at radius 3 is 2.05 bits per heavy atom. The van der Waals surface area contributed by atoms with E-state index in [0.29, 0.717) is 5.02 Å². The fourth-order valence-electron chi connectivity index (χ4n) is 2.14. The van der Waals surface area contributed by atoms with E-state index < -0.39 is 22.7 Å². The molecular weight excluding hydrogens is 329 g/mol. The molecule has 0 saturated carbocycles. The van der Waals surface area contributed by atoms with Crippen LogP contribution in [0.3, 0.4) is 0 Å². The van der Waals surface area contributed by atoms with Crippen LogP contribution in [-0.2, 0) is 10.0 Å². The molecule has 0 aromatic heterocycles. The Hall–Kier alpha value is -0.830. The van der Waals surface area contributed by atoms with Crippen LogP contribution in [0.5, 0.6) is 0 Å². The molecule has 1 aromatic carbocycles. The maximum absolute atomic E-state index is 12.3. The third kappa shape index (κ3) is 4.32. The van der Waals surface area contributed by atoms with E-state index in [-0.39, 0.29) is 31.1 Å². The predicted octanol–water partition coefficient (Wildman–Crippen LogP) is 2.21. The molecule has 1 aromatic rings. The van der Waals surface area contributed by atoms with Crippen LogP contribution in [0.2, 0.25) is 5.02 Å². The number of benzene rings is 1. The largest absolute Gasteiger partial charge is 0.401 e. The van der Waals surface area contributed by atoms with Crippen molar-refractivity contribution in [3.05, 3.63) is 29.3 Å². The highest BCUT2D eigenvalue weighted by Gasteiger charge is 2.34. The van der Waals surface area contributed by atoms with Crippen LogP contribution in [0.15, 0.2) is 29.2 Å². The molecule has 0 unspecified atom stereocenters. The number of alkyl halides is 3. The zero-order valence-corrected chi connectivity index (χ0v) is 12.5. The van der Waals surface area contributed by atoms with Gasteiger partial charge in [-0.15, -0.1) is 0 Å². The molecule has 9 heteroatoms. The van der Waals surface area contributed by atoms with Crippen molar-refractivity contribution in [1.82, 2.24) is 9.21 Å². The molecule has 0 N–H and O–H groups in total. The Morgan fingerprint density at radius 1 is 1.05 bits per heavy atom. The van der Waals surface area contributed by atoms with Gasteiger partial charge >= 0.3 is 6.18 Å². The van der Waals surface area contributed by atoms with Gasteiger partial charge < -0.3 is 0 Å². The van der Waals surface area contributed by atoms with E-state index in [1.54, 1.807) is 0 Å². The summed E-state index contributed by atoms with van der Waals surface area (Å²) in [6.07, 6.45) is -4.27. The van der Waals surface area contributed by atoms with Gasteiger partial charge in [-0.25, -0.2) is 8.42 Å². The molecule has 2 rings (SSSR count). The van der Waals surface area contributed by atoms with E-state index >= 15 is 0 Å². The van der Waals surface area contributed by atoms with Crippen LogP contribution in [0.4, 0.5) is 13.2 Å². The Labute approximate surface area is 126 Å². The van der Waals surface area contributed by atoms with Crippen LogP contribution in [0, 0.1) is 0 Å². The SMILES string of the molecule is O=S(=O)(c1ccc(Cl)cc1)N1CCN(CC(F)(F)F)CC1. The summed E-state index contributed by atoms with van der Waals surface area (Å²) in [7, 11) is -3.68. The van der Waals surface area contributed by atoms with E-state index in [1.165, 1.54) is 33.5 Å². The normalized spacial score (nSPS) is 18.9. The highest BCUT2D eigenvalue weighted by molar-refractivity contribution is 7.89. The smallest absolute Gasteiger partial charge is 0.292 e. The van der Waals surface area contributed by atoms with Crippen molar-refractivity contribution >= 4 is 21.6 Å². The summed E-state index contributed by atoms with van der Waals surface area (Å²) < 4.78 is 62.7. The van der Waals surface area contributed by atoms with Crippen molar-refractivity contribution in [3.8, 4) is 0 Å². The number of nitrogens with zero attached hydrogens (tertiary/aromatic N) is 2. The quantitative estimate of drug-likeness (QED) is 0.845. The highest BCUT2D eigenvalue weighted by Crippen LogP contribution is 2.22. The molecule has 1 aliphatic heterocycles. The number of sulfonamides is 1. The minimum Gasteiger partial charge on any atom is -0.292 e. The van der Waals surface area contributed by atoms with E-state index in [0.717, 1.165) is 0 Å². The minimum absolute atomic E-state index is 0.0427. The van der Waals surface area contributed by atoms with Crippen molar-refractivity contribution in [2.45, 2.75) is 11.1 Å². The first-order chi connectivity index (χ1) is 9.68. The average molecular weight is 343 g/mol. The van der Waals surface area contributed by atoms with Crippen LogP contribution in [-0.4, -0.2) is 56.5 Å². The number of rotatable bonds is 3. The minimum atomic E-state index is -4.27. The van der Waals surface area contributed by atoms with Crippen LogP contribution < -0.4 is 0 Å². The highest BCUT2D eigenvalue weighted by atomic mass is 35.5. The molecule has 21 heavy (non-hydrogen) atoms. The second-order valence-corrected chi connectivity index (χ2v) is 7.12. The van der Waals surface area contributed by atoms with Crippen molar-refractivity contribution in [1.29, 1.82) is 0 Å². The van der Waals surface area contributed by atoms with Crippen LogP contribution in [0.1, 0.15) is 0 Å². The monoisotopic (exact) mass is 342 g/mol. The third-order valence-electron chi connectivity index (χ3n) is 3.19. The summed E-state index contributed by atoms with van der Waals surface area (Å²) in [5.74, 6) is 0. The lowest BCUT2D eigenvalue weighted by Crippen LogP contribution is -2.50. The summed E-state index contributed by atoms with van der Waals surface area (Å²) >= 11 is 5.71. The van der Waals surface area contributed by atoms with Gasteiger partial charge in [0.25, 0.3) is 0 Å². The second-order valence-electron chi connectivity index (χ2n) is 4.75. The fraction of sp³-hybridized carbons (Fsp3) is 0.500. The van der Waals surface area contributed by atoms with Gasteiger partial charge in [-0.1, -0.05) is 11.6 Å². The van der Waals surface area contributed by atoms with Crippen molar-refractivity contribution in [3.63, 3.8) is 0 Å². The van der Waals surface area contributed by atoms with E-state index in [9.17, 15) is 21.6 Å². The van der Waals surface area contributed by atoms with Crippen molar-refractivity contribution in [2.24, 2.45) is 0 Å². The van der Waals surface area contributed by atoms with Gasteiger partial charge in [-0.3, -0.25) is 4.90 Å². The molecule has 4 nitrogen and oxygen atoms in total. The van der Waals surface area contributed by atoms with E-state index in [1.807, 2.05) is 0 Å². The summed E-state index contributed by atoms with van der Waals surface area (Å²) in [5, 5.41) is 0.420. The maximum Gasteiger partial charge on any atom is 0.401 e. The molecule has 0 bridgehead atoms. The van der Waals surface area contributed by atoms with Gasteiger partial charge in [0.1, 0.15) is 0 Å². The first-order valence-corrected chi connectivity index (χ1v) is 8.05. The number of hydrogen-bond donors (Lipinski definition) is 0. The number of piperazine rings is 1. The fourth-order valence-corrected chi connectivity index (χ4v) is 3.69. The molecule has 1 fully saturated rings.